The first-order chi connectivity index (χ1) is 17.6. The van der Waals surface area contributed by atoms with Gasteiger partial charge in [-0.15, -0.1) is 0 Å². The van der Waals surface area contributed by atoms with E-state index in [1.807, 2.05) is 31.2 Å². The number of aromatic nitrogens is 3. The minimum atomic E-state index is -0.311. The Morgan fingerprint density at radius 3 is 2.58 bits per heavy atom. The Morgan fingerprint density at radius 1 is 0.972 bits per heavy atom. The summed E-state index contributed by atoms with van der Waals surface area (Å²) in [7, 11) is 0. The molecule has 5 aromatic rings. The van der Waals surface area contributed by atoms with Crippen LogP contribution in [0.15, 0.2) is 79.0 Å². The molecule has 0 bridgehead atoms. The first-order valence-corrected chi connectivity index (χ1v) is 11.5. The second-order valence-electron chi connectivity index (χ2n) is 8.42. The average molecular weight is 480 g/mol. The third-order valence-electron chi connectivity index (χ3n) is 6.12. The van der Waals surface area contributed by atoms with Gasteiger partial charge in [0.05, 0.1) is 34.4 Å². The van der Waals surface area contributed by atoms with Crippen molar-refractivity contribution in [1.82, 2.24) is 14.8 Å². The SMILES string of the molecule is Cc1c(-c2cc(C(=O)Nc3ccc4c(c3)OCCO4)c3ccccc3n2)cnn1-c1ccc(F)cc1. The predicted molar refractivity (Wildman–Crippen MR) is 134 cm³/mol. The summed E-state index contributed by atoms with van der Waals surface area (Å²) in [6.07, 6.45) is 1.71. The molecule has 36 heavy (non-hydrogen) atoms. The number of nitrogens with zero attached hydrogens (tertiary/aromatic N) is 3. The largest absolute Gasteiger partial charge is 0.486 e. The smallest absolute Gasteiger partial charge is 0.256 e. The molecule has 0 unspecified atom stereocenters. The molecule has 6 rings (SSSR count). The molecule has 178 valence electrons. The van der Waals surface area contributed by atoms with Crippen LogP contribution in [0.5, 0.6) is 11.5 Å². The molecule has 1 aliphatic heterocycles. The number of carbonyl (C=O) groups excluding carboxylic acids is 1. The van der Waals surface area contributed by atoms with E-state index < -0.39 is 0 Å². The van der Waals surface area contributed by atoms with E-state index in [0.29, 0.717) is 47.2 Å². The minimum Gasteiger partial charge on any atom is -0.486 e. The highest BCUT2D eigenvalue weighted by Gasteiger charge is 2.19. The fourth-order valence-corrected chi connectivity index (χ4v) is 4.32. The van der Waals surface area contributed by atoms with Crippen molar-refractivity contribution in [3.63, 3.8) is 0 Å². The van der Waals surface area contributed by atoms with E-state index in [1.54, 1.807) is 47.3 Å². The van der Waals surface area contributed by atoms with Crippen molar-refractivity contribution >= 4 is 22.5 Å². The molecule has 1 aliphatic rings. The molecule has 0 fully saturated rings. The fourth-order valence-electron chi connectivity index (χ4n) is 4.32. The van der Waals surface area contributed by atoms with Gasteiger partial charge in [0.2, 0.25) is 0 Å². The lowest BCUT2D eigenvalue weighted by Crippen LogP contribution is -2.16. The van der Waals surface area contributed by atoms with Crippen molar-refractivity contribution in [3.05, 3.63) is 96.1 Å². The maximum absolute atomic E-state index is 13.5. The molecule has 1 N–H and O–H groups in total. The number of pyridine rings is 1. The van der Waals surface area contributed by atoms with Gasteiger partial charge in [0.25, 0.3) is 5.91 Å². The summed E-state index contributed by atoms with van der Waals surface area (Å²) in [5, 5.41) is 8.19. The summed E-state index contributed by atoms with van der Waals surface area (Å²) in [6, 6.07) is 20.7. The highest BCUT2D eigenvalue weighted by atomic mass is 19.1. The van der Waals surface area contributed by atoms with Crippen LogP contribution in [0.3, 0.4) is 0 Å². The number of para-hydroxylation sites is 1. The highest BCUT2D eigenvalue weighted by Crippen LogP contribution is 2.33. The Balaban J connectivity index is 1.39. The first-order valence-electron chi connectivity index (χ1n) is 11.5. The number of ether oxygens (including phenoxy) is 2. The lowest BCUT2D eigenvalue weighted by atomic mass is 10.0. The number of fused-ring (bicyclic) bond motifs is 2. The van der Waals surface area contributed by atoms with Crippen LogP contribution in [0.4, 0.5) is 10.1 Å². The van der Waals surface area contributed by atoms with Gasteiger partial charge < -0.3 is 14.8 Å². The van der Waals surface area contributed by atoms with Gasteiger partial charge in [0, 0.05) is 22.7 Å². The Kier molecular flexibility index (Phi) is 5.33. The number of amides is 1. The predicted octanol–water partition coefficient (Wildman–Crippen LogP) is 5.56. The molecule has 0 saturated carbocycles. The van der Waals surface area contributed by atoms with E-state index >= 15 is 0 Å². The van der Waals surface area contributed by atoms with Gasteiger partial charge >= 0.3 is 0 Å². The van der Waals surface area contributed by atoms with Crippen LogP contribution < -0.4 is 14.8 Å². The van der Waals surface area contributed by atoms with Crippen LogP contribution in [0.25, 0.3) is 27.8 Å². The van der Waals surface area contributed by atoms with Gasteiger partial charge in [-0.05, 0) is 55.5 Å². The molecule has 0 aliphatic carbocycles. The normalized spacial score (nSPS) is 12.5. The van der Waals surface area contributed by atoms with Crippen molar-refractivity contribution in [3.8, 4) is 28.4 Å². The summed E-state index contributed by atoms with van der Waals surface area (Å²) in [6.45, 7) is 2.88. The minimum absolute atomic E-state index is 0.268. The van der Waals surface area contributed by atoms with Gasteiger partial charge in [-0.2, -0.15) is 5.10 Å². The summed E-state index contributed by atoms with van der Waals surface area (Å²) >= 11 is 0. The second-order valence-corrected chi connectivity index (χ2v) is 8.42. The summed E-state index contributed by atoms with van der Waals surface area (Å²) in [4.78, 5) is 18.3. The van der Waals surface area contributed by atoms with Crippen LogP contribution in [0, 0.1) is 12.7 Å². The van der Waals surface area contributed by atoms with Gasteiger partial charge in [-0.3, -0.25) is 4.79 Å². The quantitative estimate of drug-likeness (QED) is 0.365. The Morgan fingerprint density at radius 2 is 1.75 bits per heavy atom. The van der Waals surface area contributed by atoms with Crippen LogP contribution in [0.2, 0.25) is 0 Å². The van der Waals surface area contributed by atoms with E-state index in [4.69, 9.17) is 14.5 Å². The number of benzene rings is 3. The van der Waals surface area contributed by atoms with E-state index in [2.05, 4.69) is 10.4 Å². The monoisotopic (exact) mass is 480 g/mol. The van der Waals surface area contributed by atoms with E-state index in [-0.39, 0.29) is 11.7 Å². The summed E-state index contributed by atoms with van der Waals surface area (Å²) < 4.78 is 26.3. The van der Waals surface area contributed by atoms with Gasteiger partial charge in [0.15, 0.2) is 11.5 Å². The topological polar surface area (TPSA) is 78.3 Å². The van der Waals surface area contributed by atoms with Gasteiger partial charge in [-0.1, -0.05) is 18.2 Å². The number of halogens is 1. The number of hydrogen-bond acceptors (Lipinski definition) is 5. The molecular weight excluding hydrogens is 459 g/mol. The number of nitrogens with one attached hydrogen (secondary N) is 1. The van der Waals surface area contributed by atoms with Crippen molar-refractivity contribution in [2.45, 2.75) is 6.92 Å². The Labute approximate surface area is 206 Å². The third kappa shape index (κ3) is 3.92. The zero-order valence-electron chi connectivity index (χ0n) is 19.4. The van der Waals surface area contributed by atoms with E-state index in [0.717, 1.165) is 22.3 Å². The maximum atomic E-state index is 13.5. The molecular formula is C28H21FN4O3. The van der Waals surface area contributed by atoms with Crippen LogP contribution in [-0.4, -0.2) is 33.9 Å². The molecule has 3 aromatic carbocycles. The Bertz CT molecular complexity index is 1610. The maximum Gasteiger partial charge on any atom is 0.256 e. The Hall–Kier alpha value is -4.72. The standard InChI is InChI=1S/C28H21FN4O3/c1-17-23(16-30-33(17)20-9-6-18(29)7-10-20)25-15-22(21-4-2-3-5-24(21)32-25)28(34)31-19-8-11-26-27(14-19)36-13-12-35-26/h2-11,14-16H,12-13H2,1H3,(H,31,34). The molecule has 3 heterocycles. The van der Waals surface area contributed by atoms with E-state index in [9.17, 15) is 9.18 Å². The van der Waals surface area contributed by atoms with Crippen molar-refractivity contribution in [2.24, 2.45) is 0 Å². The molecule has 0 saturated heterocycles. The van der Waals surface area contributed by atoms with Crippen LogP contribution in [0.1, 0.15) is 16.1 Å². The van der Waals surface area contributed by atoms with Crippen molar-refractivity contribution in [2.75, 3.05) is 18.5 Å². The first kappa shape index (κ1) is 21.8. The molecule has 0 radical (unpaired) electrons. The number of rotatable bonds is 4. The highest BCUT2D eigenvalue weighted by molar-refractivity contribution is 6.13. The molecule has 0 spiro atoms. The molecule has 8 heteroatoms. The average Bonchev–Trinajstić information content (AvgIpc) is 3.29. The molecule has 2 aromatic heterocycles. The second kappa shape index (κ2) is 8.81. The molecule has 1 amide bonds. The van der Waals surface area contributed by atoms with Crippen LogP contribution in [-0.2, 0) is 0 Å². The van der Waals surface area contributed by atoms with Gasteiger partial charge in [0.1, 0.15) is 19.0 Å². The number of anilines is 1. The van der Waals surface area contributed by atoms with Crippen molar-refractivity contribution in [1.29, 1.82) is 0 Å². The summed E-state index contributed by atoms with van der Waals surface area (Å²) in [5.41, 5.74) is 4.73. The molecule has 7 nitrogen and oxygen atoms in total. The fraction of sp³-hybridized carbons (Fsp3) is 0.107. The van der Waals surface area contributed by atoms with Crippen molar-refractivity contribution < 1.29 is 18.7 Å². The lowest BCUT2D eigenvalue weighted by molar-refractivity contribution is 0.102. The number of hydrogen-bond donors (Lipinski definition) is 1. The van der Waals surface area contributed by atoms with Gasteiger partial charge in [-0.25, -0.2) is 14.1 Å². The zero-order valence-corrected chi connectivity index (χ0v) is 19.4. The van der Waals surface area contributed by atoms with E-state index in [1.165, 1.54) is 12.1 Å². The summed E-state index contributed by atoms with van der Waals surface area (Å²) in [5.74, 6) is 0.677. The third-order valence-corrected chi connectivity index (χ3v) is 6.12. The van der Waals surface area contributed by atoms with Crippen LogP contribution >= 0.6 is 0 Å². The lowest BCUT2D eigenvalue weighted by Gasteiger charge is -2.19. The number of carbonyl (C=O) groups is 1. The molecule has 0 atom stereocenters. The zero-order chi connectivity index (χ0) is 24.6.